The average molecular weight is 254 g/mol. The number of H-pyrrole nitrogens is 1. The number of benzene rings is 1. The molecule has 3 nitrogen and oxygen atoms in total. The zero-order valence-corrected chi connectivity index (χ0v) is 10.9. The fourth-order valence-corrected chi connectivity index (χ4v) is 3.76. The maximum Gasteiger partial charge on any atom is 0.256 e. The van der Waals surface area contributed by atoms with Crippen molar-refractivity contribution in [1.29, 1.82) is 0 Å². The Hall–Kier alpha value is -1.61. The first-order valence-electron chi connectivity index (χ1n) is 7.17. The molecule has 1 aromatic heterocycles. The molecule has 1 aromatic carbocycles. The minimum absolute atomic E-state index is 0.0546. The van der Waals surface area contributed by atoms with Crippen molar-refractivity contribution in [3.63, 3.8) is 0 Å². The minimum atomic E-state index is 0.0546. The molecule has 0 amide bonds. The van der Waals surface area contributed by atoms with Gasteiger partial charge in [-0.25, -0.2) is 0 Å². The second-order valence-electron chi connectivity index (χ2n) is 5.95. The molecule has 4 rings (SSSR count). The zero-order chi connectivity index (χ0) is 12.8. The first kappa shape index (κ1) is 11.2. The van der Waals surface area contributed by atoms with Gasteiger partial charge in [-0.05, 0) is 43.2 Å². The maximum atomic E-state index is 12.1. The summed E-state index contributed by atoms with van der Waals surface area (Å²) in [4.78, 5) is 15.3. The molecule has 0 saturated carbocycles. The molecule has 3 heterocycles. The van der Waals surface area contributed by atoms with E-state index >= 15 is 0 Å². The van der Waals surface area contributed by atoms with E-state index < -0.39 is 0 Å². The number of aromatic amines is 1. The van der Waals surface area contributed by atoms with Gasteiger partial charge in [-0.2, -0.15) is 0 Å². The Bertz CT molecular complexity index is 664. The SMILES string of the molecule is O=c1[nH]c(C2CC3CCC(C2)N3)cc2ccccc12. The summed E-state index contributed by atoms with van der Waals surface area (Å²) in [6.07, 6.45) is 4.90. The highest BCUT2D eigenvalue weighted by molar-refractivity contribution is 5.81. The number of rotatable bonds is 1. The third-order valence-corrected chi connectivity index (χ3v) is 4.69. The quantitative estimate of drug-likeness (QED) is 0.821. The Morgan fingerprint density at radius 1 is 1.05 bits per heavy atom. The molecule has 2 aliphatic heterocycles. The lowest BCUT2D eigenvalue weighted by Crippen LogP contribution is -2.37. The van der Waals surface area contributed by atoms with Gasteiger partial charge in [0.25, 0.3) is 5.56 Å². The lowest BCUT2D eigenvalue weighted by atomic mass is 9.89. The first-order chi connectivity index (χ1) is 9.29. The normalized spacial score (nSPS) is 29.8. The average Bonchev–Trinajstić information content (AvgIpc) is 2.77. The maximum absolute atomic E-state index is 12.1. The van der Waals surface area contributed by atoms with Crippen LogP contribution in [0.25, 0.3) is 10.8 Å². The van der Waals surface area contributed by atoms with E-state index in [0.29, 0.717) is 18.0 Å². The van der Waals surface area contributed by atoms with Crippen LogP contribution in [0, 0.1) is 0 Å². The molecular formula is C16H18N2O. The van der Waals surface area contributed by atoms with Gasteiger partial charge < -0.3 is 10.3 Å². The van der Waals surface area contributed by atoms with Crippen LogP contribution in [-0.4, -0.2) is 17.1 Å². The van der Waals surface area contributed by atoms with Gasteiger partial charge in [-0.3, -0.25) is 4.79 Å². The molecular weight excluding hydrogens is 236 g/mol. The van der Waals surface area contributed by atoms with E-state index in [1.807, 2.05) is 24.3 Å². The summed E-state index contributed by atoms with van der Waals surface area (Å²) >= 11 is 0. The highest BCUT2D eigenvalue weighted by Gasteiger charge is 2.34. The molecule has 98 valence electrons. The molecule has 2 atom stereocenters. The Labute approximate surface area is 112 Å². The van der Waals surface area contributed by atoms with Gasteiger partial charge in [0.15, 0.2) is 0 Å². The fraction of sp³-hybridized carbons (Fsp3) is 0.438. The molecule has 2 bridgehead atoms. The van der Waals surface area contributed by atoms with Crippen LogP contribution in [0.4, 0.5) is 0 Å². The van der Waals surface area contributed by atoms with Crippen LogP contribution in [0.15, 0.2) is 35.1 Å². The first-order valence-corrected chi connectivity index (χ1v) is 7.17. The number of hydrogen-bond donors (Lipinski definition) is 2. The van der Waals surface area contributed by atoms with Gasteiger partial charge in [0.1, 0.15) is 0 Å². The largest absolute Gasteiger partial charge is 0.325 e. The third-order valence-electron chi connectivity index (χ3n) is 4.69. The summed E-state index contributed by atoms with van der Waals surface area (Å²) in [5.41, 5.74) is 1.18. The molecule has 3 heteroatoms. The van der Waals surface area contributed by atoms with Gasteiger partial charge in [-0.1, -0.05) is 18.2 Å². The number of aromatic nitrogens is 1. The molecule has 2 fully saturated rings. The van der Waals surface area contributed by atoms with Gasteiger partial charge in [0.2, 0.25) is 0 Å². The summed E-state index contributed by atoms with van der Waals surface area (Å²) in [7, 11) is 0. The summed E-state index contributed by atoms with van der Waals surface area (Å²) < 4.78 is 0. The summed E-state index contributed by atoms with van der Waals surface area (Å²) in [6.45, 7) is 0. The molecule has 0 aliphatic carbocycles. The summed E-state index contributed by atoms with van der Waals surface area (Å²) in [6, 6.07) is 11.3. The van der Waals surface area contributed by atoms with Crippen molar-refractivity contribution in [2.45, 2.75) is 43.7 Å². The van der Waals surface area contributed by atoms with Crippen molar-refractivity contribution in [2.24, 2.45) is 0 Å². The molecule has 2 saturated heterocycles. The van der Waals surface area contributed by atoms with Gasteiger partial charge >= 0.3 is 0 Å². The van der Waals surface area contributed by atoms with Crippen LogP contribution in [-0.2, 0) is 0 Å². The Balaban J connectivity index is 1.77. The van der Waals surface area contributed by atoms with E-state index in [2.05, 4.69) is 16.4 Å². The lowest BCUT2D eigenvalue weighted by molar-refractivity contribution is 0.359. The topological polar surface area (TPSA) is 44.9 Å². The van der Waals surface area contributed by atoms with E-state index in [-0.39, 0.29) is 5.56 Å². The van der Waals surface area contributed by atoms with Crippen LogP contribution in [0.1, 0.15) is 37.3 Å². The molecule has 19 heavy (non-hydrogen) atoms. The molecule has 2 aliphatic rings. The number of pyridine rings is 1. The van der Waals surface area contributed by atoms with Crippen molar-refractivity contribution >= 4 is 10.8 Å². The van der Waals surface area contributed by atoms with Crippen LogP contribution in [0.5, 0.6) is 0 Å². The number of hydrogen-bond acceptors (Lipinski definition) is 2. The second-order valence-corrected chi connectivity index (χ2v) is 5.95. The summed E-state index contributed by atoms with van der Waals surface area (Å²) in [5, 5.41) is 5.51. The number of piperidine rings is 1. The predicted octanol–water partition coefficient (Wildman–Crippen LogP) is 2.53. The van der Waals surface area contributed by atoms with Crippen molar-refractivity contribution in [3.8, 4) is 0 Å². The fourth-order valence-electron chi connectivity index (χ4n) is 3.76. The van der Waals surface area contributed by atoms with Crippen LogP contribution in [0.3, 0.4) is 0 Å². The van der Waals surface area contributed by atoms with E-state index in [1.54, 1.807) is 0 Å². The number of nitrogens with one attached hydrogen (secondary N) is 2. The van der Waals surface area contributed by atoms with Crippen molar-refractivity contribution in [1.82, 2.24) is 10.3 Å². The molecule has 2 N–H and O–H groups in total. The lowest BCUT2D eigenvalue weighted by Gasteiger charge is -2.29. The Morgan fingerprint density at radius 3 is 2.58 bits per heavy atom. The highest BCUT2D eigenvalue weighted by Crippen LogP contribution is 2.36. The smallest absolute Gasteiger partial charge is 0.256 e. The van der Waals surface area contributed by atoms with Gasteiger partial charge in [0, 0.05) is 29.1 Å². The van der Waals surface area contributed by atoms with Crippen molar-refractivity contribution in [3.05, 3.63) is 46.4 Å². The van der Waals surface area contributed by atoms with Crippen LogP contribution in [0.2, 0.25) is 0 Å². The second kappa shape index (κ2) is 4.20. The van der Waals surface area contributed by atoms with Crippen LogP contribution >= 0.6 is 0 Å². The Morgan fingerprint density at radius 2 is 1.79 bits per heavy atom. The number of fused-ring (bicyclic) bond motifs is 3. The molecule has 0 spiro atoms. The van der Waals surface area contributed by atoms with E-state index in [4.69, 9.17) is 0 Å². The third kappa shape index (κ3) is 1.89. The van der Waals surface area contributed by atoms with Gasteiger partial charge in [0.05, 0.1) is 0 Å². The van der Waals surface area contributed by atoms with Crippen molar-refractivity contribution in [2.75, 3.05) is 0 Å². The summed E-state index contributed by atoms with van der Waals surface area (Å²) in [5.74, 6) is 0.510. The van der Waals surface area contributed by atoms with E-state index in [0.717, 1.165) is 29.3 Å². The monoisotopic (exact) mass is 254 g/mol. The highest BCUT2D eigenvalue weighted by atomic mass is 16.1. The van der Waals surface area contributed by atoms with Gasteiger partial charge in [-0.15, -0.1) is 0 Å². The van der Waals surface area contributed by atoms with Crippen molar-refractivity contribution < 1.29 is 0 Å². The standard InChI is InChI=1S/C16H18N2O/c19-16-14-4-2-1-3-10(14)9-15(18-16)11-7-12-5-6-13(8-11)17-12/h1-4,9,11-13,17H,5-8H2,(H,18,19). The predicted molar refractivity (Wildman–Crippen MR) is 76.5 cm³/mol. The molecule has 2 aromatic rings. The van der Waals surface area contributed by atoms with E-state index in [1.165, 1.54) is 12.8 Å². The zero-order valence-electron chi connectivity index (χ0n) is 10.9. The van der Waals surface area contributed by atoms with Crippen LogP contribution < -0.4 is 10.9 Å². The minimum Gasteiger partial charge on any atom is -0.325 e. The molecule has 0 radical (unpaired) electrons. The van der Waals surface area contributed by atoms with E-state index in [9.17, 15) is 4.79 Å². The molecule has 2 unspecified atom stereocenters. The Kier molecular flexibility index (Phi) is 2.49.